The number of aliphatic hydroxyl groups excluding tert-OH is 1. The van der Waals surface area contributed by atoms with E-state index in [0.717, 1.165) is 36.1 Å². The average molecular weight is 608 g/mol. The first-order chi connectivity index (χ1) is 20.5. The molecule has 0 bridgehead atoms. The van der Waals surface area contributed by atoms with Crippen LogP contribution in [0.2, 0.25) is 0 Å². The molecule has 1 amide bonds. The normalized spacial score (nSPS) is 19.4. The molecule has 12 nitrogen and oxygen atoms in total. The highest BCUT2D eigenvalue weighted by molar-refractivity contribution is 7.19. The Bertz CT molecular complexity index is 1840. The third-order valence-electron chi connectivity index (χ3n) is 7.72. The Labute approximate surface area is 247 Å². The van der Waals surface area contributed by atoms with Gasteiger partial charge in [0.2, 0.25) is 11.4 Å². The number of morpholine rings is 1. The number of aliphatic hydroxyl groups is 1. The molecule has 14 heteroatoms. The number of nitrogens with two attached hydrogens (primary N) is 1. The number of imidazole rings is 1. The molecule has 7 rings (SSSR count). The van der Waals surface area contributed by atoms with Crippen molar-refractivity contribution in [2.45, 2.75) is 37.8 Å². The molecule has 0 unspecified atom stereocenters. The van der Waals surface area contributed by atoms with Gasteiger partial charge < -0.3 is 35.5 Å². The summed E-state index contributed by atoms with van der Waals surface area (Å²) in [4.78, 5) is 37.5. The van der Waals surface area contributed by atoms with Crippen molar-refractivity contribution in [3.8, 4) is 10.4 Å². The van der Waals surface area contributed by atoms with Crippen LogP contribution in [0.5, 0.6) is 0 Å². The van der Waals surface area contributed by atoms with Crippen LogP contribution in [0.1, 0.15) is 36.0 Å². The van der Waals surface area contributed by atoms with Crippen LogP contribution in [0.4, 0.5) is 23.3 Å². The summed E-state index contributed by atoms with van der Waals surface area (Å²) in [5, 5.41) is 21.0. The molecule has 1 saturated carbocycles. The lowest BCUT2D eigenvalue weighted by molar-refractivity contribution is 0.100. The van der Waals surface area contributed by atoms with Crippen molar-refractivity contribution in [1.82, 2.24) is 14.4 Å². The van der Waals surface area contributed by atoms with E-state index in [1.165, 1.54) is 22.7 Å². The SMILES string of the molecule is NC(=O)c1c(Nc2csc(-c3csc4c(=O)cc(N5CCOCC5)oc34)c2)nc(N[C@@H]2CCCC[C@@H]2O)n2ccnc12. The summed E-state index contributed by atoms with van der Waals surface area (Å²) in [6.45, 7) is 2.49. The van der Waals surface area contributed by atoms with Gasteiger partial charge in [-0.25, -0.2) is 4.98 Å². The molecule has 6 heterocycles. The fraction of sp³-hybridized carbons (Fsp3) is 0.357. The molecule has 1 aliphatic carbocycles. The topological polar surface area (TPSA) is 160 Å². The van der Waals surface area contributed by atoms with Gasteiger partial charge in [0.1, 0.15) is 10.3 Å². The first-order valence-electron chi connectivity index (χ1n) is 13.8. The van der Waals surface area contributed by atoms with Crippen LogP contribution in [0.3, 0.4) is 0 Å². The molecule has 2 aliphatic rings. The van der Waals surface area contributed by atoms with E-state index in [1.54, 1.807) is 22.9 Å². The van der Waals surface area contributed by atoms with Gasteiger partial charge in [-0.3, -0.25) is 14.0 Å². The quantitative estimate of drug-likeness (QED) is 0.213. The third kappa shape index (κ3) is 4.89. The van der Waals surface area contributed by atoms with E-state index < -0.39 is 12.0 Å². The number of fused-ring (bicyclic) bond motifs is 2. The summed E-state index contributed by atoms with van der Waals surface area (Å²) in [5.41, 5.74) is 8.31. The highest BCUT2D eigenvalue weighted by atomic mass is 32.1. The van der Waals surface area contributed by atoms with Crippen LogP contribution in [0.15, 0.2) is 44.5 Å². The molecule has 5 aromatic heterocycles. The lowest BCUT2D eigenvalue weighted by Gasteiger charge is -2.29. The van der Waals surface area contributed by atoms with Crippen molar-refractivity contribution >= 4 is 67.8 Å². The Kier molecular flexibility index (Phi) is 7.06. The van der Waals surface area contributed by atoms with E-state index >= 15 is 0 Å². The van der Waals surface area contributed by atoms with E-state index in [1.807, 2.05) is 21.7 Å². The minimum absolute atomic E-state index is 0.0738. The third-order valence-corrected chi connectivity index (χ3v) is 9.66. The Balaban J connectivity index is 1.23. The molecule has 0 spiro atoms. The average Bonchev–Trinajstić information content (AvgIpc) is 3.75. The number of anilines is 4. The molecule has 0 aromatic carbocycles. The van der Waals surface area contributed by atoms with Crippen molar-refractivity contribution in [2.24, 2.45) is 5.73 Å². The number of hydrogen-bond donors (Lipinski definition) is 4. The van der Waals surface area contributed by atoms with Gasteiger partial charge in [-0.2, -0.15) is 4.98 Å². The van der Waals surface area contributed by atoms with Gasteiger partial charge in [0, 0.05) is 52.8 Å². The largest absolute Gasteiger partial charge is 0.439 e. The molecule has 1 saturated heterocycles. The first kappa shape index (κ1) is 26.9. The lowest BCUT2D eigenvalue weighted by Crippen LogP contribution is -2.37. The predicted octanol–water partition coefficient (Wildman–Crippen LogP) is 4.02. The van der Waals surface area contributed by atoms with Crippen LogP contribution in [-0.2, 0) is 4.74 Å². The number of rotatable bonds is 7. The molecule has 1 aliphatic heterocycles. The van der Waals surface area contributed by atoms with Crippen LogP contribution in [-0.4, -0.2) is 63.8 Å². The first-order valence-corrected chi connectivity index (χ1v) is 15.6. The standard InChI is InChI=1S/C28H29N7O5S2/c29-25(38)22-26(33-28(35-6-5-30-27(22)35)32-17-3-1-2-4-18(17)36)31-15-11-20(41-13-15)16-14-42-24-19(37)12-21(40-23(16)24)34-7-9-39-10-8-34/h5-6,11-14,17-18,31,36H,1-4,7-10H2,(H2,29,38)(H,32,33)/t17-,18+/m1/s1. The zero-order chi connectivity index (χ0) is 28.8. The second-order valence-electron chi connectivity index (χ2n) is 10.4. The van der Waals surface area contributed by atoms with Crippen molar-refractivity contribution < 1.29 is 19.1 Å². The van der Waals surface area contributed by atoms with Gasteiger partial charge in [-0.15, -0.1) is 22.7 Å². The Morgan fingerprint density at radius 1 is 1.14 bits per heavy atom. The van der Waals surface area contributed by atoms with E-state index in [2.05, 4.69) is 15.6 Å². The fourth-order valence-electron chi connectivity index (χ4n) is 5.57. The summed E-state index contributed by atoms with van der Waals surface area (Å²) in [5.74, 6) is 0.589. The monoisotopic (exact) mass is 607 g/mol. The summed E-state index contributed by atoms with van der Waals surface area (Å²) in [6.07, 6.45) is 6.32. The number of hydrogen-bond acceptors (Lipinski definition) is 12. The number of primary amides is 1. The van der Waals surface area contributed by atoms with Gasteiger partial charge in [0.15, 0.2) is 22.9 Å². The number of aromatic nitrogens is 3. The van der Waals surface area contributed by atoms with Crippen LogP contribution in [0.25, 0.3) is 26.4 Å². The van der Waals surface area contributed by atoms with E-state index in [0.29, 0.717) is 59.8 Å². The second kappa shape index (κ2) is 11.0. The zero-order valence-corrected chi connectivity index (χ0v) is 24.2. The minimum atomic E-state index is -0.665. The summed E-state index contributed by atoms with van der Waals surface area (Å²) in [6, 6.07) is 3.31. The maximum atomic E-state index is 12.9. The maximum Gasteiger partial charge on any atom is 0.256 e. The highest BCUT2D eigenvalue weighted by Gasteiger charge is 2.26. The molecule has 218 valence electrons. The zero-order valence-electron chi connectivity index (χ0n) is 22.5. The van der Waals surface area contributed by atoms with Gasteiger partial charge in [0.25, 0.3) is 5.91 Å². The smallest absolute Gasteiger partial charge is 0.256 e. The van der Waals surface area contributed by atoms with Crippen molar-refractivity contribution in [3.63, 3.8) is 0 Å². The van der Waals surface area contributed by atoms with E-state index in [4.69, 9.17) is 19.9 Å². The van der Waals surface area contributed by atoms with E-state index in [-0.39, 0.29) is 22.9 Å². The van der Waals surface area contributed by atoms with Crippen molar-refractivity contribution in [3.05, 3.63) is 51.1 Å². The van der Waals surface area contributed by atoms with Gasteiger partial charge in [-0.1, -0.05) is 12.8 Å². The molecular weight excluding hydrogens is 578 g/mol. The fourth-order valence-corrected chi connectivity index (χ4v) is 7.40. The molecule has 5 N–H and O–H groups in total. The molecule has 2 atom stereocenters. The number of ether oxygens (including phenoxy) is 1. The minimum Gasteiger partial charge on any atom is -0.439 e. The van der Waals surface area contributed by atoms with Gasteiger partial charge in [0.05, 0.1) is 31.0 Å². The summed E-state index contributed by atoms with van der Waals surface area (Å²) in [7, 11) is 0. The number of thiophene rings is 2. The van der Waals surface area contributed by atoms with Crippen LogP contribution >= 0.6 is 22.7 Å². The molecular formula is C28H29N7O5S2. The van der Waals surface area contributed by atoms with Crippen molar-refractivity contribution in [2.75, 3.05) is 41.8 Å². The molecule has 0 radical (unpaired) electrons. The van der Waals surface area contributed by atoms with E-state index in [9.17, 15) is 14.7 Å². The maximum absolute atomic E-state index is 12.9. The predicted molar refractivity (Wildman–Crippen MR) is 163 cm³/mol. The second-order valence-corrected chi connectivity index (χ2v) is 12.2. The van der Waals surface area contributed by atoms with Crippen LogP contribution < -0.4 is 26.7 Å². The highest BCUT2D eigenvalue weighted by Crippen LogP contribution is 2.39. The Hall–Kier alpha value is -3.98. The Morgan fingerprint density at radius 2 is 1.98 bits per heavy atom. The van der Waals surface area contributed by atoms with Crippen LogP contribution in [0, 0.1) is 0 Å². The lowest BCUT2D eigenvalue weighted by atomic mass is 9.93. The molecule has 42 heavy (non-hydrogen) atoms. The molecule has 2 fully saturated rings. The van der Waals surface area contributed by atoms with Crippen molar-refractivity contribution in [1.29, 1.82) is 0 Å². The van der Waals surface area contributed by atoms with Gasteiger partial charge >= 0.3 is 0 Å². The number of nitrogens with zero attached hydrogens (tertiary/aromatic N) is 4. The summed E-state index contributed by atoms with van der Waals surface area (Å²) >= 11 is 2.83. The number of nitrogens with one attached hydrogen (secondary N) is 2. The molecule has 5 aromatic rings. The van der Waals surface area contributed by atoms with Gasteiger partial charge in [-0.05, 0) is 18.9 Å². The number of carbonyl (C=O) groups is 1. The number of carbonyl (C=O) groups excluding carboxylic acids is 1. The number of amides is 1. The Morgan fingerprint density at radius 3 is 2.79 bits per heavy atom. The summed E-state index contributed by atoms with van der Waals surface area (Å²) < 4.78 is 14.0.